The normalized spacial score (nSPS) is 10.9. The van der Waals surface area contributed by atoms with Crippen LogP contribution in [0.1, 0.15) is 21.7 Å². The highest BCUT2D eigenvalue weighted by molar-refractivity contribution is 7.14. The molecule has 0 spiro atoms. The molecule has 0 radical (unpaired) electrons. The van der Waals surface area contributed by atoms with Crippen molar-refractivity contribution >= 4 is 28.0 Å². The van der Waals surface area contributed by atoms with Gasteiger partial charge in [0.15, 0.2) is 5.13 Å². The summed E-state index contributed by atoms with van der Waals surface area (Å²) in [4.78, 5) is 22.0. The highest BCUT2D eigenvalue weighted by atomic mass is 32.1. The van der Waals surface area contributed by atoms with Gasteiger partial charge in [0.2, 0.25) is 0 Å². The van der Waals surface area contributed by atoms with E-state index in [0.717, 1.165) is 16.8 Å². The number of ether oxygens (including phenoxy) is 2. The van der Waals surface area contributed by atoms with E-state index in [-0.39, 0.29) is 5.91 Å². The van der Waals surface area contributed by atoms with Crippen LogP contribution in [0.5, 0.6) is 11.5 Å². The number of thiazole rings is 1. The van der Waals surface area contributed by atoms with Gasteiger partial charge in [-0.1, -0.05) is 6.07 Å². The van der Waals surface area contributed by atoms with Gasteiger partial charge in [0.25, 0.3) is 5.91 Å². The highest BCUT2D eigenvalue weighted by Crippen LogP contribution is 2.35. The number of aromatic nitrogens is 3. The maximum Gasteiger partial charge on any atom is 0.276 e. The Labute approximate surface area is 172 Å². The number of carbonyl (C=O) groups excluding carboxylic acids is 1. The second-order valence-corrected chi connectivity index (χ2v) is 7.35. The summed E-state index contributed by atoms with van der Waals surface area (Å²) in [7, 11) is 3.22. The average molecular weight is 408 g/mol. The molecule has 0 atom stereocenters. The fraction of sp³-hybridized carbons (Fsp3) is 0.190. The van der Waals surface area contributed by atoms with E-state index in [4.69, 9.17) is 9.47 Å². The number of aryl methyl sites for hydroxylation is 2. The zero-order chi connectivity index (χ0) is 20.5. The largest absolute Gasteiger partial charge is 0.497 e. The number of carbonyl (C=O) groups is 1. The van der Waals surface area contributed by atoms with Crippen molar-refractivity contribution in [2.75, 3.05) is 19.5 Å². The van der Waals surface area contributed by atoms with Gasteiger partial charge < -0.3 is 9.47 Å². The molecule has 148 valence electrons. The molecule has 0 fully saturated rings. The summed E-state index contributed by atoms with van der Waals surface area (Å²) in [5.74, 6) is 1.14. The third kappa shape index (κ3) is 3.42. The monoisotopic (exact) mass is 408 g/mol. The first-order valence-corrected chi connectivity index (χ1v) is 9.83. The number of fused-ring (bicyclic) bond motifs is 1. The minimum atomic E-state index is -0.251. The van der Waals surface area contributed by atoms with E-state index in [1.807, 2.05) is 55.8 Å². The Morgan fingerprint density at radius 1 is 1.14 bits per heavy atom. The van der Waals surface area contributed by atoms with Crippen LogP contribution < -0.4 is 14.8 Å². The molecule has 4 aromatic rings. The average Bonchev–Trinajstić information content (AvgIpc) is 3.32. The number of anilines is 1. The SMILES string of the molecule is COc1ccc(OC)c(-c2csc(NC(=O)c3c(C)nc4c(C)cccn34)n2)c1. The van der Waals surface area contributed by atoms with Crippen molar-refractivity contribution in [1.82, 2.24) is 14.4 Å². The Morgan fingerprint density at radius 3 is 2.72 bits per heavy atom. The first-order chi connectivity index (χ1) is 14.0. The summed E-state index contributed by atoms with van der Waals surface area (Å²) in [5, 5.41) is 5.26. The number of hydrogen-bond donors (Lipinski definition) is 1. The highest BCUT2D eigenvalue weighted by Gasteiger charge is 2.19. The number of benzene rings is 1. The summed E-state index contributed by atoms with van der Waals surface area (Å²) >= 11 is 1.35. The predicted octanol–water partition coefficient (Wildman–Crippen LogP) is 4.34. The fourth-order valence-corrected chi connectivity index (χ4v) is 3.92. The molecule has 29 heavy (non-hydrogen) atoms. The van der Waals surface area contributed by atoms with Gasteiger partial charge in [0, 0.05) is 17.1 Å². The summed E-state index contributed by atoms with van der Waals surface area (Å²) < 4.78 is 12.5. The Kier molecular flexibility index (Phi) is 4.94. The lowest BCUT2D eigenvalue weighted by molar-refractivity contribution is 0.102. The number of imidazole rings is 1. The van der Waals surface area contributed by atoms with Crippen molar-refractivity contribution < 1.29 is 14.3 Å². The van der Waals surface area contributed by atoms with E-state index in [0.29, 0.717) is 33.7 Å². The molecular weight excluding hydrogens is 388 g/mol. The minimum Gasteiger partial charge on any atom is -0.497 e. The van der Waals surface area contributed by atoms with Crippen molar-refractivity contribution in [2.45, 2.75) is 13.8 Å². The van der Waals surface area contributed by atoms with E-state index in [9.17, 15) is 4.79 Å². The number of nitrogens with zero attached hydrogens (tertiary/aromatic N) is 3. The van der Waals surface area contributed by atoms with Crippen LogP contribution >= 0.6 is 11.3 Å². The van der Waals surface area contributed by atoms with Gasteiger partial charge in [-0.15, -0.1) is 11.3 Å². The molecule has 0 saturated carbocycles. The first-order valence-electron chi connectivity index (χ1n) is 8.95. The molecular formula is C21H20N4O3S. The van der Waals surface area contributed by atoms with Crippen LogP contribution in [-0.2, 0) is 0 Å². The second-order valence-electron chi connectivity index (χ2n) is 6.49. The van der Waals surface area contributed by atoms with Gasteiger partial charge >= 0.3 is 0 Å². The lowest BCUT2D eigenvalue weighted by atomic mass is 10.1. The smallest absolute Gasteiger partial charge is 0.276 e. The van der Waals surface area contributed by atoms with E-state index in [2.05, 4.69) is 15.3 Å². The molecule has 0 unspecified atom stereocenters. The number of amides is 1. The van der Waals surface area contributed by atoms with E-state index in [1.54, 1.807) is 18.6 Å². The topological polar surface area (TPSA) is 77.8 Å². The summed E-state index contributed by atoms with van der Waals surface area (Å²) in [6, 6.07) is 9.38. The number of pyridine rings is 1. The van der Waals surface area contributed by atoms with E-state index >= 15 is 0 Å². The molecule has 3 heterocycles. The van der Waals surface area contributed by atoms with Gasteiger partial charge in [-0.25, -0.2) is 9.97 Å². The van der Waals surface area contributed by atoms with Gasteiger partial charge in [-0.05, 0) is 43.7 Å². The third-order valence-electron chi connectivity index (χ3n) is 4.64. The Bertz CT molecular complexity index is 1210. The third-order valence-corrected chi connectivity index (χ3v) is 5.40. The summed E-state index contributed by atoms with van der Waals surface area (Å²) in [5.41, 5.74) is 4.45. The molecule has 0 aliphatic heterocycles. The fourth-order valence-electron chi connectivity index (χ4n) is 3.22. The van der Waals surface area contributed by atoms with Crippen molar-refractivity contribution in [3.8, 4) is 22.8 Å². The van der Waals surface area contributed by atoms with Crippen LogP contribution in [0.4, 0.5) is 5.13 Å². The van der Waals surface area contributed by atoms with Crippen molar-refractivity contribution in [3.63, 3.8) is 0 Å². The number of methoxy groups -OCH3 is 2. The van der Waals surface area contributed by atoms with E-state index < -0.39 is 0 Å². The van der Waals surface area contributed by atoms with Crippen molar-refractivity contribution in [2.24, 2.45) is 0 Å². The zero-order valence-corrected chi connectivity index (χ0v) is 17.3. The zero-order valence-electron chi connectivity index (χ0n) is 16.5. The molecule has 0 aliphatic rings. The Hall–Kier alpha value is -3.39. The molecule has 7 nitrogen and oxygen atoms in total. The summed E-state index contributed by atoms with van der Waals surface area (Å²) in [6.45, 7) is 3.80. The second kappa shape index (κ2) is 7.56. The van der Waals surface area contributed by atoms with Gasteiger partial charge in [-0.3, -0.25) is 14.5 Å². The molecule has 0 aliphatic carbocycles. The van der Waals surface area contributed by atoms with Crippen LogP contribution in [0.25, 0.3) is 16.9 Å². The maximum atomic E-state index is 12.9. The molecule has 0 saturated heterocycles. The molecule has 1 N–H and O–H groups in total. The lowest BCUT2D eigenvalue weighted by Gasteiger charge is -2.08. The maximum absolute atomic E-state index is 12.9. The minimum absolute atomic E-state index is 0.251. The van der Waals surface area contributed by atoms with Crippen LogP contribution in [0.2, 0.25) is 0 Å². The van der Waals surface area contributed by atoms with Crippen LogP contribution in [0, 0.1) is 13.8 Å². The Balaban J connectivity index is 1.65. The summed E-state index contributed by atoms with van der Waals surface area (Å²) in [6.07, 6.45) is 1.84. The molecule has 3 aromatic heterocycles. The van der Waals surface area contributed by atoms with Crippen LogP contribution in [0.15, 0.2) is 41.9 Å². The number of hydrogen-bond acceptors (Lipinski definition) is 6. The molecule has 8 heteroatoms. The molecule has 0 bridgehead atoms. The lowest BCUT2D eigenvalue weighted by Crippen LogP contribution is -2.15. The van der Waals surface area contributed by atoms with Gasteiger partial charge in [-0.2, -0.15) is 0 Å². The van der Waals surface area contributed by atoms with Crippen molar-refractivity contribution in [1.29, 1.82) is 0 Å². The van der Waals surface area contributed by atoms with Crippen LogP contribution in [-0.4, -0.2) is 34.5 Å². The standard InChI is InChI=1S/C21H20N4O3S/c1-12-6-5-9-25-18(13(2)22-19(12)25)20(26)24-21-23-16(11-29-21)15-10-14(27-3)7-8-17(15)28-4/h5-11H,1-4H3,(H,23,24,26). The number of nitrogens with one attached hydrogen (secondary N) is 1. The van der Waals surface area contributed by atoms with Crippen molar-refractivity contribution in [3.05, 3.63) is 58.9 Å². The first kappa shape index (κ1) is 18.9. The molecule has 1 amide bonds. The Morgan fingerprint density at radius 2 is 1.97 bits per heavy atom. The quantitative estimate of drug-likeness (QED) is 0.531. The van der Waals surface area contributed by atoms with Crippen LogP contribution in [0.3, 0.4) is 0 Å². The predicted molar refractivity (Wildman–Crippen MR) is 113 cm³/mol. The van der Waals surface area contributed by atoms with Gasteiger partial charge in [0.1, 0.15) is 22.8 Å². The van der Waals surface area contributed by atoms with Gasteiger partial charge in [0.05, 0.1) is 25.6 Å². The van der Waals surface area contributed by atoms with E-state index in [1.165, 1.54) is 11.3 Å². The number of rotatable bonds is 5. The molecule has 1 aromatic carbocycles. The molecule has 4 rings (SSSR count).